The molecule has 1 aromatic rings. The first-order valence-corrected chi connectivity index (χ1v) is 5.60. The zero-order valence-electron chi connectivity index (χ0n) is 10.5. The summed E-state index contributed by atoms with van der Waals surface area (Å²) in [4.78, 5) is 6.40. The largest absolute Gasteiger partial charge is 0.487 e. The van der Waals surface area contributed by atoms with E-state index in [0.29, 0.717) is 0 Å². The minimum Gasteiger partial charge on any atom is -0.487 e. The first-order chi connectivity index (χ1) is 7.59. The fourth-order valence-electron chi connectivity index (χ4n) is 1.27. The molecular weight excluding hydrogens is 202 g/mol. The quantitative estimate of drug-likeness (QED) is 0.798. The molecule has 1 heterocycles. The molecule has 0 aliphatic carbocycles. The van der Waals surface area contributed by atoms with Gasteiger partial charge in [0.05, 0.1) is 6.10 Å². The average Bonchev–Trinajstić information content (AvgIpc) is 2.19. The van der Waals surface area contributed by atoms with E-state index in [0.717, 1.165) is 24.7 Å². The van der Waals surface area contributed by atoms with Crippen LogP contribution in [-0.4, -0.2) is 43.2 Å². The number of hydrogen-bond acceptors (Lipinski definition) is 4. The van der Waals surface area contributed by atoms with Gasteiger partial charge in [-0.15, -0.1) is 0 Å². The number of nitrogens with zero attached hydrogens (tertiary/aromatic N) is 2. The van der Waals surface area contributed by atoms with E-state index in [1.165, 1.54) is 0 Å². The molecular formula is C12H21N3O. The first-order valence-electron chi connectivity index (χ1n) is 5.60. The number of aromatic nitrogens is 1. The van der Waals surface area contributed by atoms with E-state index in [4.69, 9.17) is 4.74 Å². The molecule has 0 amide bonds. The normalized spacial score (nSPS) is 10.9. The van der Waals surface area contributed by atoms with Gasteiger partial charge in [0.1, 0.15) is 0 Å². The molecule has 90 valence electrons. The Morgan fingerprint density at radius 3 is 2.81 bits per heavy atom. The molecule has 0 atom stereocenters. The molecule has 0 unspecified atom stereocenters. The predicted octanol–water partition coefficient (Wildman–Crippen LogP) is 1.84. The van der Waals surface area contributed by atoms with E-state index in [1.54, 1.807) is 6.20 Å². The van der Waals surface area contributed by atoms with Crippen molar-refractivity contribution in [1.29, 1.82) is 0 Å². The molecule has 0 aliphatic heterocycles. The first kappa shape index (κ1) is 12.8. The molecule has 4 heteroatoms. The van der Waals surface area contributed by atoms with Crippen molar-refractivity contribution in [2.75, 3.05) is 32.5 Å². The lowest BCUT2D eigenvalue weighted by atomic mass is 10.4. The van der Waals surface area contributed by atoms with Crippen LogP contribution in [0.15, 0.2) is 18.3 Å². The summed E-state index contributed by atoms with van der Waals surface area (Å²) in [6.45, 7) is 5.85. The zero-order valence-corrected chi connectivity index (χ0v) is 10.5. The highest BCUT2D eigenvalue weighted by atomic mass is 16.5. The van der Waals surface area contributed by atoms with Crippen molar-refractivity contribution in [3.63, 3.8) is 0 Å². The third kappa shape index (κ3) is 4.49. The third-order valence-corrected chi connectivity index (χ3v) is 1.98. The summed E-state index contributed by atoms with van der Waals surface area (Å²) in [6.07, 6.45) is 1.93. The molecule has 0 spiro atoms. The van der Waals surface area contributed by atoms with E-state index in [1.807, 2.05) is 40.1 Å². The van der Waals surface area contributed by atoms with Gasteiger partial charge in [0.25, 0.3) is 0 Å². The van der Waals surface area contributed by atoms with Crippen molar-refractivity contribution in [1.82, 2.24) is 9.88 Å². The molecule has 0 radical (unpaired) electrons. The number of pyridine rings is 1. The topological polar surface area (TPSA) is 37.4 Å². The summed E-state index contributed by atoms with van der Waals surface area (Å²) < 4.78 is 5.66. The second-order valence-corrected chi connectivity index (χ2v) is 4.25. The van der Waals surface area contributed by atoms with Crippen LogP contribution in [0.2, 0.25) is 0 Å². The minimum absolute atomic E-state index is 0.165. The number of nitrogens with one attached hydrogen (secondary N) is 1. The summed E-state index contributed by atoms with van der Waals surface area (Å²) in [5, 5.41) is 3.27. The highest BCUT2D eigenvalue weighted by molar-refractivity contribution is 5.49. The van der Waals surface area contributed by atoms with Crippen LogP contribution >= 0.6 is 0 Å². The summed E-state index contributed by atoms with van der Waals surface area (Å²) in [6, 6.07) is 3.82. The molecule has 0 saturated carbocycles. The van der Waals surface area contributed by atoms with Crippen LogP contribution in [0.1, 0.15) is 13.8 Å². The van der Waals surface area contributed by atoms with Crippen LogP contribution in [0, 0.1) is 0 Å². The van der Waals surface area contributed by atoms with Gasteiger partial charge in [-0.05, 0) is 40.1 Å². The number of anilines is 1. The van der Waals surface area contributed by atoms with E-state index in [9.17, 15) is 0 Å². The molecule has 1 aromatic heterocycles. The summed E-state index contributed by atoms with van der Waals surface area (Å²) in [5.74, 6) is 1.63. The SMILES string of the molecule is CC(C)Oc1cccnc1NCCN(C)C. The van der Waals surface area contributed by atoms with Crippen LogP contribution in [0.25, 0.3) is 0 Å². The molecule has 0 aliphatic rings. The molecule has 1 N–H and O–H groups in total. The van der Waals surface area contributed by atoms with Gasteiger partial charge in [0.2, 0.25) is 0 Å². The molecule has 16 heavy (non-hydrogen) atoms. The molecule has 4 nitrogen and oxygen atoms in total. The number of rotatable bonds is 6. The van der Waals surface area contributed by atoms with Crippen molar-refractivity contribution in [2.24, 2.45) is 0 Å². The molecule has 0 bridgehead atoms. The van der Waals surface area contributed by atoms with Crippen molar-refractivity contribution < 1.29 is 4.74 Å². The summed E-state index contributed by atoms with van der Waals surface area (Å²) in [7, 11) is 4.09. The Morgan fingerprint density at radius 2 is 2.19 bits per heavy atom. The van der Waals surface area contributed by atoms with E-state index in [-0.39, 0.29) is 6.10 Å². The average molecular weight is 223 g/mol. The Hall–Kier alpha value is -1.29. The van der Waals surface area contributed by atoms with Gasteiger partial charge in [-0.25, -0.2) is 4.98 Å². The lowest BCUT2D eigenvalue weighted by Gasteiger charge is -2.15. The number of likely N-dealkylation sites (N-methyl/N-ethyl adjacent to an activating group) is 1. The van der Waals surface area contributed by atoms with Crippen LogP contribution in [0.3, 0.4) is 0 Å². The van der Waals surface area contributed by atoms with Gasteiger partial charge < -0.3 is 15.0 Å². The molecule has 1 rings (SSSR count). The van der Waals surface area contributed by atoms with Crippen LogP contribution < -0.4 is 10.1 Å². The summed E-state index contributed by atoms with van der Waals surface area (Å²) >= 11 is 0. The zero-order chi connectivity index (χ0) is 12.0. The highest BCUT2D eigenvalue weighted by Gasteiger charge is 2.05. The Bertz CT molecular complexity index is 313. The molecule has 0 fully saturated rings. The fraction of sp³-hybridized carbons (Fsp3) is 0.583. The van der Waals surface area contributed by atoms with Crippen LogP contribution in [0.4, 0.5) is 5.82 Å². The molecule has 0 aromatic carbocycles. The Balaban J connectivity index is 2.56. The van der Waals surface area contributed by atoms with Gasteiger partial charge in [0.15, 0.2) is 11.6 Å². The van der Waals surface area contributed by atoms with E-state index < -0.39 is 0 Å². The van der Waals surface area contributed by atoms with Gasteiger partial charge >= 0.3 is 0 Å². The van der Waals surface area contributed by atoms with Crippen molar-refractivity contribution in [3.05, 3.63) is 18.3 Å². The van der Waals surface area contributed by atoms with Gasteiger partial charge in [0, 0.05) is 19.3 Å². The van der Waals surface area contributed by atoms with Crippen molar-refractivity contribution in [2.45, 2.75) is 20.0 Å². The van der Waals surface area contributed by atoms with E-state index in [2.05, 4.69) is 15.2 Å². The van der Waals surface area contributed by atoms with Crippen LogP contribution in [-0.2, 0) is 0 Å². The number of ether oxygens (including phenoxy) is 1. The molecule has 0 saturated heterocycles. The van der Waals surface area contributed by atoms with Gasteiger partial charge in [-0.3, -0.25) is 0 Å². The predicted molar refractivity (Wildman–Crippen MR) is 67.0 cm³/mol. The number of hydrogen-bond donors (Lipinski definition) is 1. The van der Waals surface area contributed by atoms with Gasteiger partial charge in [-0.1, -0.05) is 0 Å². The smallest absolute Gasteiger partial charge is 0.168 e. The Labute approximate surface area is 97.6 Å². The third-order valence-electron chi connectivity index (χ3n) is 1.98. The second-order valence-electron chi connectivity index (χ2n) is 4.25. The van der Waals surface area contributed by atoms with Crippen molar-refractivity contribution >= 4 is 5.82 Å². The maximum absolute atomic E-state index is 5.66. The standard InChI is InChI=1S/C12H21N3O/c1-10(2)16-11-6-5-7-13-12(11)14-8-9-15(3)4/h5-7,10H,8-9H2,1-4H3,(H,13,14). The fourth-order valence-corrected chi connectivity index (χ4v) is 1.27. The monoisotopic (exact) mass is 223 g/mol. The summed E-state index contributed by atoms with van der Waals surface area (Å²) in [5.41, 5.74) is 0. The lowest BCUT2D eigenvalue weighted by Crippen LogP contribution is -2.21. The minimum atomic E-state index is 0.165. The Morgan fingerprint density at radius 1 is 1.44 bits per heavy atom. The maximum Gasteiger partial charge on any atom is 0.168 e. The second kappa shape index (κ2) is 6.33. The maximum atomic E-state index is 5.66. The highest BCUT2D eigenvalue weighted by Crippen LogP contribution is 2.21. The van der Waals surface area contributed by atoms with Gasteiger partial charge in [-0.2, -0.15) is 0 Å². The van der Waals surface area contributed by atoms with Crippen molar-refractivity contribution in [3.8, 4) is 5.75 Å². The van der Waals surface area contributed by atoms with Crippen LogP contribution in [0.5, 0.6) is 5.75 Å². The van der Waals surface area contributed by atoms with E-state index >= 15 is 0 Å². The lowest BCUT2D eigenvalue weighted by molar-refractivity contribution is 0.243. The Kier molecular flexibility index (Phi) is 5.05.